The summed E-state index contributed by atoms with van der Waals surface area (Å²) in [6, 6.07) is 20.7. The number of para-hydroxylation sites is 1. The zero-order valence-electron chi connectivity index (χ0n) is 28.6. The Kier molecular flexibility index (Phi) is 12.3. The molecule has 0 aliphatic carbocycles. The van der Waals surface area contributed by atoms with Gasteiger partial charge in [0.05, 0.1) is 36.4 Å². The molecule has 5 rings (SSSR count). The van der Waals surface area contributed by atoms with E-state index in [1.54, 1.807) is 22.8 Å². The van der Waals surface area contributed by atoms with E-state index < -0.39 is 40.8 Å². The molecular weight excluding hydrogens is 700 g/mol. The number of imidazole rings is 1. The molecular formula is C33H34N8O12. The van der Waals surface area contributed by atoms with Crippen molar-refractivity contribution in [2.75, 3.05) is 13.2 Å². The van der Waals surface area contributed by atoms with Crippen molar-refractivity contribution in [2.24, 2.45) is 0 Å². The van der Waals surface area contributed by atoms with E-state index in [4.69, 9.17) is 18.9 Å². The second kappa shape index (κ2) is 17.4. The molecule has 0 saturated carbocycles. The van der Waals surface area contributed by atoms with Crippen LogP contribution in [-0.2, 0) is 30.4 Å². The Bertz CT molecular complexity index is 2040. The molecule has 53 heavy (non-hydrogen) atoms. The zero-order chi connectivity index (χ0) is 37.9. The van der Waals surface area contributed by atoms with Crippen LogP contribution < -0.4 is 4.74 Å². The van der Waals surface area contributed by atoms with Crippen LogP contribution in [0.25, 0.3) is 33.5 Å². The first-order chi connectivity index (χ1) is 25.5. The van der Waals surface area contributed by atoms with Gasteiger partial charge in [-0.1, -0.05) is 54.6 Å². The summed E-state index contributed by atoms with van der Waals surface area (Å²) in [5.74, 6) is -0.342. The summed E-state index contributed by atoms with van der Waals surface area (Å²) in [5.41, 5.74) is 4.58. The normalized spacial score (nSPS) is 12.7. The SMILES string of the molecule is CCOc1nc2cccc(C(=O)OC(C)OC(=O)OCCC[C@@H](O[N+](=O)[O-])[C@H](C)O[N+](=O)[O-])c2n1Cc1ccc(-c2ccccc2-c2nn[nH]n2)cc1. The molecule has 2 aromatic heterocycles. The average molecular weight is 735 g/mol. The molecule has 5 aromatic rings. The van der Waals surface area contributed by atoms with Gasteiger partial charge in [-0.15, -0.1) is 30.4 Å². The number of fused-ring (bicyclic) bond motifs is 1. The van der Waals surface area contributed by atoms with Crippen molar-refractivity contribution in [3.8, 4) is 28.5 Å². The third kappa shape index (κ3) is 9.68. The van der Waals surface area contributed by atoms with Crippen LogP contribution in [0.4, 0.5) is 4.79 Å². The van der Waals surface area contributed by atoms with Crippen LogP contribution in [0.2, 0.25) is 0 Å². The lowest BCUT2D eigenvalue weighted by molar-refractivity contribution is -0.798. The standard InChI is InChI=1S/C33H34N8O12/c1-4-48-32-34-27-12-7-11-26(31(42)50-21(3)51-33(43)49-18-8-13-28(53-41(46)47)20(2)52-40(44)45)29(27)39(32)19-22-14-16-23(17-15-22)24-9-5-6-10-25(24)30-35-37-38-36-30/h5-7,9-12,14-17,20-21,28H,4,8,13,18-19H2,1-3H3,(H,35,36,37,38)/t20-,21?,28+/m0/s1. The molecule has 3 aromatic carbocycles. The summed E-state index contributed by atoms with van der Waals surface area (Å²) in [5, 5.41) is 33.5. The first-order valence-electron chi connectivity index (χ1n) is 16.2. The summed E-state index contributed by atoms with van der Waals surface area (Å²) in [7, 11) is 0. The minimum atomic E-state index is -1.38. The number of nitrogens with zero attached hydrogens (tertiary/aromatic N) is 7. The maximum atomic E-state index is 13.4. The highest BCUT2D eigenvalue weighted by molar-refractivity contribution is 6.02. The molecule has 2 heterocycles. The van der Waals surface area contributed by atoms with Crippen LogP contribution in [0.1, 0.15) is 49.5 Å². The van der Waals surface area contributed by atoms with E-state index in [2.05, 4.69) is 35.3 Å². The molecule has 1 N–H and O–H groups in total. The van der Waals surface area contributed by atoms with E-state index in [-0.39, 0.29) is 37.6 Å². The first-order valence-corrected chi connectivity index (χ1v) is 16.2. The van der Waals surface area contributed by atoms with E-state index in [0.29, 0.717) is 23.5 Å². The molecule has 20 heteroatoms. The number of carbonyl (C=O) groups is 2. The first kappa shape index (κ1) is 37.4. The predicted molar refractivity (Wildman–Crippen MR) is 181 cm³/mol. The minimum absolute atomic E-state index is 0.0115. The maximum absolute atomic E-state index is 13.4. The number of aromatic nitrogens is 6. The van der Waals surface area contributed by atoms with Gasteiger partial charge in [0.25, 0.3) is 16.2 Å². The number of nitrogens with one attached hydrogen (secondary N) is 1. The summed E-state index contributed by atoms with van der Waals surface area (Å²) in [6.07, 6.45) is -5.22. The molecule has 3 atom stereocenters. The highest BCUT2D eigenvalue weighted by Gasteiger charge is 2.26. The van der Waals surface area contributed by atoms with E-state index in [1.807, 2.05) is 55.5 Å². The number of tetrazole rings is 1. The Morgan fingerprint density at radius 1 is 0.925 bits per heavy atom. The fourth-order valence-electron chi connectivity index (χ4n) is 5.43. The molecule has 0 amide bonds. The highest BCUT2D eigenvalue weighted by Crippen LogP contribution is 2.31. The summed E-state index contributed by atoms with van der Waals surface area (Å²) < 4.78 is 23.0. The van der Waals surface area contributed by atoms with Crippen molar-refractivity contribution < 1.29 is 48.4 Å². The molecule has 0 bridgehead atoms. The number of esters is 1. The monoisotopic (exact) mass is 734 g/mol. The van der Waals surface area contributed by atoms with E-state index >= 15 is 0 Å². The smallest absolute Gasteiger partial charge is 0.465 e. The second-order valence-corrected chi connectivity index (χ2v) is 11.3. The predicted octanol–water partition coefficient (Wildman–Crippen LogP) is 4.94. The number of hydrogen-bond acceptors (Lipinski definition) is 16. The molecule has 0 aliphatic heterocycles. The van der Waals surface area contributed by atoms with Crippen LogP contribution in [0, 0.1) is 20.2 Å². The number of H-pyrrole nitrogens is 1. The van der Waals surface area contributed by atoms with Gasteiger partial charge in [-0.25, -0.2) is 9.59 Å². The largest absolute Gasteiger partial charge is 0.511 e. The average Bonchev–Trinajstić information content (AvgIpc) is 3.78. The summed E-state index contributed by atoms with van der Waals surface area (Å²) in [4.78, 5) is 60.4. The fourth-order valence-corrected chi connectivity index (χ4v) is 5.43. The quantitative estimate of drug-likeness (QED) is 0.0411. The molecule has 278 valence electrons. The lowest BCUT2D eigenvalue weighted by Gasteiger charge is -2.20. The topological polar surface area (TPSA) is 248 Å². The van der Waals surface area contributed by atoms with Crippen molar-refractivity contribution in [3.63, 3.8) is 0 Å². The molecule has 20 nitrogen and oxygen atoms in total. The Balaban J connectivity index is 1.24. The van der Waals surface area contributed by atoms with Gasteiger partial charge in [0.15, 0.2) is 0 Å². The number of ether oxygens (including phenoxy) is 4. The third-order valence-corrected chi connectivity index (χ3v) is 7.73. The van der Waals surface area contributed by atoms with E-state index in [1.165, 1.54) is 13.8 Å². The van der Waals surface area contributed by atoms with E-state index in [0.717, 1.165) is 22.3 Å². The number of carbonyl (C=O) groups excluding carboxylic acids is 2. The molecule has 0 radical (unpaired) electrons. The van der Waals surface area contributed by atoms with Gasteiger partial charge in [0.2, 0.25) is 12.1 Å². The van der Waals surface area contributed by atoms with Crippen molar-refractivity contribution in [3.05, 3.63) is 98.1 Å². The van der Waals surface area contributed by atoms with Gasteiger partial charge in [-0.2, -0.15) is 10.2 Å². The van der Waals surface area contributed by atoms with Gasteiger partial charge >= 0.3 is 12.1 Å². The lowest BCUT2D eigenvalue weighted by atomic mass is 9.98. The molecule has 0 fully saturated rings. The van der Waals surface area contributed by atoms with Crippen LogP contribution in [0.15, 0.2) is 66.7 Å². The number of benzene rings is 3. The Morgan fingerprint density at radius 3 is 2.34 bits per heavy atom. The molecule has 0 aliphatic rings. The fraction of sp³-hybridized carbons (Fsp3) is 0.333. The minimum Gasteiger partial charge on any atom is -0.465 e. The van der Waals surface area contributed by atoms with Gasteiger partial charge < -0.3 is 28.6 Å². The van der Waals surface area contributed by atoms with Gasteiger partial charge in [0, 0.05) is 12.5 Å². The summed E-state index contributed by atoms with van der Waals surface area (Å²) >= 11 is 0. The summed E-state index contributed by atoms with van der Waals surface area (Å²) in [6.45, 7) is 4.68. The Labute approximate surface area is 300 Å². The lowest BCUT2D eigenvalue weighted by Crippen LogP contribution is -2.33. The van der Waals surface area contributed by atoms with Crippen LogP contribution in [0.3, 0.4) is 0 Å². The van der Waals surface area contributed by atoms with Crippen LogP contribution in [-0.4, -0.2) is 84.2 Å². The van der Waals surface area contributed by atoms with Gasteiger partial charge in [0.1, 0.15) is 12.2 Å². The highest BCUT2D eigenvalue weighted by atomic mass is 17.0. The third-order valence-electron chi connectivity index (χ3n) is 7.73. The van der Waals surface area contributed by atoms with Crippen LogP contribution in [0.5, 0.6) is 6.01 Å². The number of aromatic amines is 1. The molecule has 0 saturated heterocycles. The van der Waals surface area contributed by atoms with Gasteiger partial charge in [-0.3, -0.25) is 4.57 Å². The van der Waals surface area contributed by atoms with Crippen molar-refractivity contribution in [2.45, 2.75) is 58.7 Å². The second-order valence-electron chi connectivity index (χ2n) is 11.3. The van der Waals surface area contributed by atoms with Gasteiger partial charge in [-0.05, 0) is 60.7 Å². The molecule has 1 unspecified atom stereocenters. The van der Waals surface area contributed by atoms with Crippen LogP contribution >= 0.6 is 0 Å². The number of rotatable bonds is 18. The Hall–Kier alpha value is -6.86. The maximum Gasteiger partial charge on any atom is 0.511 e. The van der Waals surface area contributed by atoms with Crippen molar-refractivity contribution in [1.82, 2.24) is 30.2 Å². The Morgan fingerprint density at radius 2 is 1.66 bits per heavy atom. The molecule has 0 spiro atoms. The van der Waals surface area contributed by atoms with Crippen molar-refractivity contribution in [1.29, 1.82) is 0 Å². The van der Waals surface area contributed by atoms with E-state index in [9.17, 15) is 29.8 Å². The van der Waals surface area contributed by atoms with Crippen molar-refractivity contribution >= 4 is 23.2 Å². The number of hydrogen-bond donors (Lipinski definition) is 1. The zero-order valence-corrected chi connectivity index (χ0v) is 28.6.